The van der Waals surface area contributed by atoms with Crippen molar-refractivity contribution in [2.24, 2.45) is 0 Å². The van der Waals surface area contributed by atoms with Crippen LogP contribution in [-0.4, -0.2) is 29.7 Å². The van der Waals surface area contributed by atoms with E-state index in [1.807, 2.05) is 0 Å². The molecule has 0 atom stereocenters. The second kappa shape index (κ2) is 3.96. The fourth-order valence-corrected chi connectivity index (χ4v) is 3.23. The summed E-state index contributed by atoms with van der Waals surface area (Å²) in [5, 5.41) is 0. The normalized spacial score (nSPS) is 27.4. The van der Waals surface area contributed by atoms with Gasteiger partial charge in [-0.2, -0.15) is 13.2 Å². The molecule has 0 unspecified atom stereocenters. The van der Waals surface area contributed by atoms with E-state index < -0.39 is 12.7 Å². The predicted octanol–water partition coefficient (Wildman–Crippen LogP) is 3.35. The van der Waals surface area contributed by atoms with Crippen LogP contribution < -0.4 is 0 Å². The van der Waals surface area contributed by atoms with Gasteiger partial charge in [0.1, 0.15) is 0 Å². The lowest BCUT2D eigenvalue weighted by Crippen LogP contribution is -2.49. The van der Waals surface area contributed by atoms with E-state index in [4.69, 9.17) is 0 Å². The highest BCUT2D eigenvalue weighted by molar-refractivity contribution is 4.98. The first-order chi connectivity index (χ1) is 7.02. The molecule has 0 bridgehead atoms. The van der Waals surface area contributed by atoms with E-state index in [2.05, 4.69) is 0 Å². The molecule has 0 aromatic carbocycles. The van der Waals surface area contributed by atoms with E-state index in [0.29, 0.717) is 6.54 Å². The Morgan fingerprint density at radius 3 is 2.13 bits per heavy atom. The van der Waals surface area contributed by atoms with E-state index in [1.165, 1.54) is 6.42 Å². The molecule has 1 aliphatic carbocycles. The molecule has 88 valence electrons. The molecule has 1 heterocycles. The van der Waals surface area contributed by atoms with E-state index >= 15 is 0 Å². The maximum Gasteiger partial charge on any atom is 0.401 e. The number of rotatable bonds is 1. The van der Waals surface area contributed by atoms with Gasteiger partial charge in [0.05, 0.1) is 6.54 Å². The topological polar surface area (TPSA) is 3.24 Å². The van der Waals surface area contributed by atoms with Gasteiger partial charge >= 0.3 is 6.18 Å². The van der Waals surface area contributed by atoms with Gasteiger partial charge in [0.15, 0.2) is 0 Å². The molecular weight excluding hydrogens is 203 g/mol. The van der Waals surface area contributed by atoms with Crippen LogP contribution in [0.2, 0.25) is 0 Å². The molecule has 0 N–H and O–H groups in total. The van der Waals surface area contributed by atoms with E-state index in [9.17, 15) is 13.2 Å². The molecule has 2 aliphatic rings. The first kappa shape index (κ1) is 11.2. The number of hydrogen-bond acceptors (Lipinski definition) is 1. The summed E-state index contributed by atoms with van der Waals surface area (Å²) in [6, 6.07) is 0. The Kier molecular flexibility index (Phi) is 2.97. The van der Waals surface area contributed by atoms with Crippen LogP contribution in [0.25, 0.3) is 0 Å². The predicted molar refractivity (Wildman–Crippen MR) is 52.7 cm³/mol. The van der Waals surface area contributed by atoms with Crippen LogP contribution in [0.5, 0.6) is 0 Å². The number of halogens is 3. The molecule has 1 spiro atoms. The summed E-state index contributed by atoms with van der Waals surface area (Å²) < 4.78 is 37.2. The van der Waals surface area contributed by atoms with E-state index in [1.54, 1.807) is 4.90 Å². The van der Waals surface area contributed by atoms with Crippen molar-refractivity contribution in [1.82, 2.24) is 4.90 Å². The van der Waals surface area contributed by atoms with Crippen LogP contribution in [-0.2, 0) is 0 Å². The van der Waals surface area contributed by atoms with Crippen LogP contribution in [0.4, 0.5) is 13.2 Å². The molecular formula is C11H18F3N. The van der Waals surface area contributed by atoms with Crippen LogP contribution in [0.1, 0.15) is 44.9 Å². The zero-order valence-electron chi connectivity index (χ0n) is 8.95. The van der Waals surface area contributed by atoms with Crippen molar-refractivity contribution in [3.8, 4) is 0 Å². The second-order valence-electron chi connectivity index (χ2n) is 4.93. The monoisotopic (exact) mass is 221 g/mol. The number of likely N-dealkylation sites (tertiary alicyclic amines) is 1. The fourth-order valence-electron chi connectivity index (χ4n) is 3.23. The highest BCUT2D eigenvalue weighted by Crippen LogP contribution is 2.42. The van der Waals surface area contributed by atoms with E-state index in [-0.39, 0.29) is 5.54 Å². The van der Waals surface area contributed by atoms with Gasteiger partial charge in [-0.3, -0.25) is 4.90 Å². The summed E-state index contributed by atoms with van der Waals surface area (Å²) in [6.45, 7) is -0.0630. The van der Waals surface area contributed by atoms with Crippen molar-refractivity contribution >= 4 is 0 Å². The molecule has 2 rings (SSSR count). The maximum atomic E-state index is 12.4. The van der Waals surface area contributed by atoms with Gasteiger partial charge < -0.3 is 0 Å². The van der Waals surface area contributed by atoms with Crippen molar-refractivity contribution in [1.29, 1.82) is 0 Å². The quantitative estimate of drug-likeness (QED) is 0.656. The van der Waals surface area contributed by atoms with Gasteiger partial charge in [-0.05, 0) is 32.2 Å². The van der Waals surface area contributed by atoms with Gasteiger partial charge in [-0.1, -0.05) is 19.3 Å². The van der Waals surface area contributed by atoms with Crippen molar-refractivity contribution in [3.05, 3.63) is 0 Å². The van der Waals surface area contributed by atoms with Crippen LogP contribution in [0, 0.1) is 0 Å². The Hall–Kier alpha value is -0.250. The lowest BCUT2D eigenvalue weighted by atomic mass is 9.80. The average molecular weight is 221 g/mol. The van der Waals surface area contributed by atoms with Gasteiger partial charge in [-0.25, -0.2) is 0 Å². The largest absolute Gasteiger partial charge is 0.401 e. The van der Waals surface area contributed by atoms with Crippen LogP contribution >= 0.6 is 0 Å². The Morgan fingerprint density at radius 2 is 1.53 bits per heavy atom. The number of nitrogens with zero attached hydrogens (tertiary/aromatic N) is 1. The zero-order valence-corrected chi connectivity index (χ0v) is 8.95. The van der Waals surface area contributed by atoms with Crippen LogP contribution in [0.3, 0.4) is 0 Å². The Labute approximate surface area is 88.6 Å². The minimum absolute atomic E-state index is 0.0895. The molecule has 4 heteroatoms. The van der Waals surface area contributed by atoms with Gasteiger partial charge in [0.2, 0.25) is 0 Å². The molecule has 0 aromatic rings. The molecule has 1 nitrogen and oxygen atoms in total. The Morgan fingerprint density at radius 1 is 0.933 bits per heavy atom. The zero-order chi connectivity index (χ0) is 10.9. The summed E-state index contributed by atoms with van der Waals surface area (Å²) >= 11 is 0. The highest BCUT2D eigenvalue weighted by atomic mass is 19.4. The summed E-state index contributed by atoms with van der Waals surface area (Å²) in [5.41, 5.74) is -0.0895. The summed E-state index contributed by atoms with van der Waals surface area (Å²) in [5.74, 6) is 0. The summed E-state index contributed by atoms with van der Waals surface area (Å²) in [4.78, 5) is 1.70. The van der Waals surface area contributed by atoms with E-state index in [0.717, 1.165) is 38.5 Å². The first-order valence-electron chi connectivity index (χ1n) is 5.84. The van der Waals surface area contributed by atoms with Gasteiger partial charge in [0.25, 0.3) is 0 Å². The molecule has 1 saturated heterocycles. The highest BCUT2D eigenvalue weighted by Gasteiger charge is 2.45. The van der Waals surface area contributed by atoms with Crippen molar-refractivity contribution in [3.63, 3.8) is 0 Å². The molecule has 1 saturated carbocycles. The molecule has 0 aromatic heterocycles. The van der Waals surface area contributed by atoms with Gasteiger partial charge in [0, 0.05) is 5.54 Å². The lowest BCUT2D eigenvalue weighted by Gasteiger charge is -2.42. The fraction of sp³-hybridized carbons (Fsp3) is 1.00. The van der Waals surface area contributed by atoms with Crippen LogP contribution in [0.15, 0.2) is 0 Å². The summed E-state index contributed by atoms with van der Waals surface area (Å²) in [7, 11) is 0. The molecule has 15 heavy (non-hydrogen) atoms. The SMILES string of the molecule is FC(F)(F)CN1CCCC12CCCCC2. The number of hydrogen-bond donors (Lipinski definition) is 0. The third-order valence-corrected chi connectivity index (χ3v) is 3.90. The smallest absolute Gasteiger partial charge is 0.289 e. The lowest BCUT2D eigenvalue weighted by molar-refractivity contribution is -0.156. The standard InChI is InChI=1S/C11H18F3N/c12-11(13,14)9-15-8-4-7-10(15)5-2-1-3-6-10/h1-9H2. The molecule has 1 aliphatic heterocycles. The van der Waals surface area contributed by atoms with Gasteiger partial charge in [-0.15, -0.1) is 0 Å². The maximum absolute atomic E-state index is 12.4. The second-order valence-corrected chi connectivity index (χ2v) is 4.93. The van der Waals surface area contributed by atoms with Crippen molar-refractivity contribution in [2.45, 2.75) is 56.7 Å². The molecule has 0 amide bonds. The minimum atomic E-state index is -4.03. The minimum Gasteiger partial charge on any atom is -0.289 e. The number of alkyl halides is 3. The Balaban J connectivity index is 2.03. The first-order valence-corrected chi connectivity index (χ1v) is 5.84. The summed E-state index contributed by atoms with van der Waals surface area (Å²) in [6.07, 6.45) is 3.24. The molecule has 0 radical (unpaired) electrons. The molecule has 2 fully saturated rings. The van der Waals surface area contributed by atoms with Crippen molar-refractivity contribution < 1.29 is 13.2 Å². The third-order valence-electron chi connectivity index (χ3n) is 3.90. The average Bonchev–Trinajstić information content (AvgIpc) is 2.48. The Bertz CT molecular complexity index is 218. The van der Waals surface area contributed by atoms with Crippen molar-refractivity contribution in [2.75, 3.05) is 13.1 Å². The third kappa shape index (κ3) is 2.47.